The Labute approximate surface area is 128 Å². The molecule has 1 aliphatic carbocycles. The van der Waals surface area contributed by atoms with E-state index in [4.69, 9.17) is 11.6 Å². The third kappa shape index (κ3) is 3.16. The second kappa shape index (κ2) is 5.98. The smallest absolute Gasteiger partial charge is 0.142 e. The van der Waals surface area contributed by atoms with Crippen LogP contribution < -0.4 is 0 Å². The van der Waals surface area contributed by atoms with Gasteiger partial charge in [0.25, 0.3) is 0 Å². The van der Waals surface area contributed by atoms with E-state index in [1.807, 2.05) is 12.1 Å². The fraction of sp³-hybridized carbons (Fsp3) is 0.278. The monoisotopic (exact) mass is 302 g/mol. The highest BCUT2D eigenvalue weighted by atomic mass is 35.5. The predicted molar refractivity (Wildman–Crippen MR) is 82.1 cm³/mol. The Hall–Kier alpha value is -1.67. The number of aryl methyl sites for hydroxylation is 1. The normalized spacial score (nSPS) is 17.3. The van der Waals surface area contributed by atoms with Crippen LogP contribution in [0, 0.1) is 11.7 Å². The molecular formula is C18H16ClFO. The van der Waals surface area contributed by atoms with Gasteiger partial charge in [0.05, 0.1) is 5.02 Å². The molecule has 2 aromatic rings. The van der Waals surface area contributed by atoms with Gasteiger partial charge >= 0.3 is 0 Å². The molecule has 3 heteroatoms. The summed E-state index contributed by atoms with van der Waals surface area (Å²) in [4.78, 5) is 12.4. The Balaban J connectivity index is 1.70. The SMILES string of the molecule is O=C(Cc1ccc(Cl)c(F)c1)C1CCc2ccccc2C1. The number of halogens is 2. The Morgan fingerprint density at radius 1 is 1.19 bits per heavy atom. The fourth-order valence-corrected chi connectivity index (χ4v) is 3.09. The molecule has 0 fully saturated rings. The van der Waals surface area contributed by atoms with E-state index in [-0.39, 0.29) is 23.1 Å². The topological polar surface area (TPSA) is 17.1 Å². The van der Waals surface area contributed by atoms with E-state index in [0.717, 1.165) is 19.3 Å². The molecule has 0 bridgehead atoms. The highest BCUT2D eigenvalue weighted by Crippen LogP contribution is 2.27. The van der Waals surface area contributed by atoms with Gasteiger partial charge in [-0.2, -0.15) is 0 Å². The van der Waals surface area contributed by atoms with Gasteiger partial charge in [-0.25, -0.2) is 4.39 Å². The molecule has 0 heterocycles. The van der Waals surface area contributed by atoms with Crippen LogP contribution in [0.25, 0.3) is 0 Å². The minimum Gasteiger partial charge on any atom is -0.299 e. The van der Waals surface area contributed by atoms with Gasteiger partial charge < -0.3 is 0 Å². The van der Waals surface area contributed by atoms with E-state index in [1.165, 1.54) is 23.3 Å². The van der Waals surface area contributed by atoms with Gasteiger partial charge in [-0.3, -0.25) is 4.79 Å². The summed E-state index contributed by atoms with van der Waals surface area (Å²) >= 11 is 5.66. The quantitative estimate of drug-likeness (QED) is 0.821. The molecule has 1 atom stereocenters. The second-order valence-corrected chi connectivity index (χ2v) is 6.01. The average Bonchev–Trinajstić information content (AvgIpc) is 2.50. The molecular weight excluding hydrogens is 287 g/mol. The maximum absolute atomic E-state index is 13.4. The predicted octanol–water partition coefficient (Wildman–Crippen LogP) is 4.40. The third-order valence-electron chi connectivity index (χ3n) is 4.16. The summed E-state index contributed by atoms with van der Waals surface area (Å²) in [6.07, 6.45) is 2.90. The molecule has 0 aliphatic heterocycles. The lowest BCUT2D eigenvalue weighted by Gasteiger charge is -2.23. The standard InChI is InChI=1S/C18H16ClFO/c19-16-8-5-12(9-17(16)20)10-18(21)15-7-6-13-3-1-2-4-14(13)11-15/h1-5,8-9,15H,6-7,10-11H2. The summed E-state index contributed by atoms with van der Waals surface area (Å²) in [6, 6.07) is 12.9. The van der Waals surface area contributed by atoms with Crippen LogP contribution in [-0.4, -0.2) is 5.78 Å². The first kappa shape index (κ1) is 14.3. The van der Waals surface area contributed by atoms with Crippen molar-refractivity contribution in [1.82, 2.24) is 0 Å². The van der Waals surface area contributed by atoms with E-state index in [9.17, 15) is 9.18 Å². The Kier molecular flexibility index (Phi) is 4.07. The third-order valence-corrected chi connectivity index (χ3v) is 4.47. The van der Waals surface area contributed by atoms with Gasteiger partial charge in [0.15, 0.2) is 0 Å². The van der Waals surface area contributed by atoms with E-state index in [0.29, 0.717) is 5.56 Å². The number of hydrogen-bond donors (Lipinski definition) is 0. The van der Waals surface area contributed by atoms with Crippen LogP contribution in [0.4, 0.5) is 4.39 Å². The number of Topliss-reactive ketones (excluding diaryl/α,β-unsaturated/α-hetero) is 1. The minimum atomic E-state index is -0.462. The second-order valence-electron chi connectivity index (χ2n) is 5.60. The van der Waals surface area contributed by atoms with E-state index in [1.54, 1.807) is 6.07 Å². The molecule has 1 nitrogen and oxygen atoms in total. The van der Waals surface area contributed by atoms with Crippen LogP contribution in [0.3, 0.4) is 0 Å². The van der Waals surface area contributed by atoms with Crippen molar-refractivity contribution in [3.8, 4) is 0 Å². The molecule has 1 aliphatic rings. The lowest BCUT2D eigenvalue weighted by Crippen LogP contribution is -2.24. The van der Waals surface area contributed by atoms with Crippen molar-refractivity contribution in [2.24, 2.45) is 5.92 Å². The number of carbonyl (C=O) groups is 1. The van der Waals surface area contributed by atoms with Gasteiger partial charge in [0.1, 0.15) is 11.6 Å². The summed E-state index contributed by atoms with van der Waals surface area (Å²) in [7, 11) is 0. The first-order valence-corrected chi connectivity index (χ1v) is 7.54. The zero-order valence-electron chi connectivity index (χ0n) is 11.6. The maximum atomic E-state index is 13.4. The lowest BCUT2D eigenvalue weighted by atomic mass is 9.80. The van der Waals surface area contributed by atoms with Crippen LogP contribution in [-0.2, 0) is 24.1 Å². The van der Waals surface area contributed by atoms with Crippen molar-refractivity contribution in [2.45, 2.75) is 25.7 Å². The van der Waals surface area contributed by atoms with Crippen LogP contribution >= 0.6 is 11.6 Å². The van der Waals surface area contributed by atoms with Crippen LogP contribution in [0.2, 0.25) is 5.02 Å². The molecule has 0 saturated carbocycles. The largest absolute Gasteiger partial charge is 0.299 e. The first-order valence-electron chi connectivity index (χ1n) is 7.17. The van der Waals surface area contributed by atoms with Gasteiger partial charge in [-0.15, -0.1) is 0 Å². The highest BCUT2D eigenvalue weighted by Gasteiger charge is 2.24. The van der Waals surface area contributed by atoms with Crippen molar-refractivity contribution in [3.05, 3.63) is 70.0 Å². The van der Waals surface area contributed by atoms with Crippen LogP contribution in [0.5, 0.6) is 0 Å². The van der Waals surface area contributed by atoms with Gasteiger partial charge in [-0.05, 0) is 48.1 Å². The van der Waals surface area contributed by atoms with Crippen molar-refractivity contribution in [2.75, 3.05) is 0 Å². The summed E-state index contributed by atoms with van der Waals surface area (Å²) in [6.45, 7) is 0. The molecule has 0 aromatic heterocycles. The van der Waals surface area contributed by atoms with E-state index < -0.39 is 5.82 Å². The van der Waals surface area contributed by atoms with Gasteiger partial charge in [0, 0.05) is 12.3 Å². The van der Waals surface area contributed by atoms with Gasteiger partial charge in [0.2, 0.25) is 0 Å². The van der Waals surface area contributed by atoms with Gasteiger partial charge in [-0.1, -0.05) is 41.9 Å². The zero-order valence-corrected chi connectivity index (χ0v) is 12.4. The first-order chi connectivity index (χ1) is 10.1. The Morgan fingerprint density at radius 3 is 2.71 bits per heavy atom. The molecule has 2 aromatic carbocycles. The minimum absolute atomic E-state index is 0.0404. The van der Waals surface area contributed by atoms with Crippen LogP contribution in [0.1, 0.15) is 23.1 Å². The number of carbonyl (C=O) groups excluding carboxylic acids is 1. The van der Waals surface area contributed by atoms with Crippen molar-refractivity contribution in [3.63, 3.8) is 0 Å². The van der Waals surface area contributed by atoms with Crippen molar-refractivity contribution >= 4 is 17.4 Å². The molecule has 1 unspecified atom stereocenters. The molecule has 0 spiro atoms. The molecule has 0 radical (unpaired) electrons. The average molecular weight is 303 g/mol. The number of ketones is 1. The number of hydrogen-bond acceptors (Lipinski definition) is 1. The zero-order chi connectivity index (χ0) is 14.8. The Bertz CT molecular complexity index is 681. The summed E-state index contributed by atoms with van der Waals surface area (Å²) < 4.78 is 13.4. The molecule has 108 valence electrons. The number of benzene rings is 2. The van der Waals surface area contributed by atoms with E-state index >= 15 is 0 Å². The fourth-order valence-electron chi connectivity index (χ4n) is 2.97. The summed E-state index contributed by atoms with van der Waals surface area (Å²) in [5.74, 6) is -0.235. The summed E-state index contributed by atoms with van der Waals surface area (Å²) in [5, 5.41) is 0.0952. The lowest BCUT2D eigenvalue weighted by molar-refractivity contribution is -0.122. The van der Waals surface area contributed by atoms with Crippen LogP contribution in [0.15, 0.2) is 42.5 Å². The number of rotatable bonds is 3. The van der Waals surface area contributed by atoms with E-state index in [2.05, 4.69) is 12.1 Å². The molecule has 0 saturated heterocycles. The highest BCUT2D eigenvalue weighted by molar-refractivity contribution is 6.30. The van der Waals surface area contributed by atoms with Crippen molar-refractivity contribution < 1.29 is 9.18 Å². The number of fused-ring (bicyclic) bond motifs is 1. The Morgan fingerprint density at radius 2 is 1.95 bits per heavy atom. The maximum Gasteiger partial charge on any atom is 0.142 e. The van der Waals surface area contributed by atoms with Crippen molar-refractivity contribution in [1.29, 1.82) is 0 Å². The summed E-state index contributed by atoms with van der Waals surface area (Å²) in [5.41, 5.74) is 3.31. The molecule has 0 N–H and O–H groups in total. The molecule has 3 rings (SSSR count). The molecule has 0 amide bonds. The molecule has 21 heavy (non-hydrogen) atoms.